The Morgan fingerprint density at radius 1 is 0.349 bits per heavy atom. The second-order valence-electron chi connectivity index (χ2n) is 23.1. The lowest BCUT2D eigenvalue weighted by Gasteiger charge is -2.63. The van der Waals surface area contributed by atoms with Crippen LogP contribution in [0.2, 0.25) is 0 Å². The maximum absolute atomic E-state index is 16.5. The Kier molecular flexibility index (Phi) is 8.48. The summed E-state index contributed by atoms with van der Waals surface area (Å²) in [6.45, 7) is 0. The highest BCUT2D eigenvalue weighted by molar-refractivity contribution is 5.73. The molecule has 0 heterocycles. The molecule has 12 bridgehead atoms. The molecule has 0 unspecified atom stereocenters. The monoisotopic (exact) mass is 855 g/mol. The number of anilines is 3. The summed E-state index contributed by atoms with van der Waals surface area (Å²) >= 11 is 0. The summed E-state index contributed by atoms with van der Waals surface area (Å²) in [6.07, 6.45) is 20.6. The highest BCUT2D eigenvalue weighted by Crippen LogP contribution is 2.73. The van der Waals surface area contributed by atoms with Crippen molar-refractivity contribution in [1.82, 2.24) is 0 Å². The van der Waals surface area contributed by atoms with Crippen molar-refractivity contribution in [2.75, 3.05) is 17.2 Å². The summed E-state index contributed by atoms with van der Waals surface area (Å²) in [4.78, 5) is 0. The predicted molar refractivity (Wildman–Crippen MR) is 239 cm³/mol. The molecule has 12 aliphatic rings. The Labute approximate surface area is 368 Å². The summed E-state index contributed by atoms with van der Waals surface area (Å²) < 4.78 is 71.0. The molecule has 63 heavy (non-hydrogen) atoms. The van der Waals surface area contributed by atoms with E-state index >= 15 is 13.2 Å². The van der Waals surface area contributed by atoms with Gasteiger partial charge in [0.1, 0.15) is 0 Å². The molecule has 12 saturated carbocycles. The van der Waals surface area contributed by atoms with Gasteiger partial charge >= 0.3 is 0 Å². The van der Waals surface area contributed by atoms with E-state index in [9.17, 15) is 0 Å². The largest absolute Gasteiger partial charge is 0.450 e. The molecular weight excluding hydrogens is 796 g/mol. The molecule has 0 amide bonds. The zero-order valence-electron chi connectivity index (χ0n) is 36.2. The Bertz CT molecular complexity index is 2320. The van der Waals surface area contributed by atoms with Crippen molar-refractivity contribution in [3.05, 3.63) is 88.7 Å². The Morgan fingerprint density at radius 2 is 0.587 bits per heavy atom. The highest BCUT2D eigenvalue weighted by atomic mass is 19.1. The number of hydrogen-bond donors (Lipinski definition) is 3. The molecule has 330 valence electrons. The van der Waals surface area contributed by atoms with E-state index in [1.807, 2.05) is 0 Å². The smallest absolute Gasteiger partial charge is 0.213 e. The van der Waals surface area contributed by atoms with Gasteiger partial charge in [-0.15, -0.1) is 0 Å². The van der Waals surface area contributed by atoms with Crippen LogP contribution in [0.25, 0.3) is 0 Å². The molecule has 12 aliphatic carbocycles. The summed E-state index contributed by atoms with van der Waals surface area (Å²) in [7, 11) is 0. The van der Waals surface area contributed by atoms with Gasteiger partial charge in [0.25, 0.3) is 0 Å². The van der Waals surface area contributed by atoms with Gasteiger partial charge in [0.15, 0.2) is 46.2 Å². The van der Waals surface area contributed by atoms with Gasteiger partial charge in [-0.3, -0.25) is 0 Å². The number of benzene rings is 4. The van der Waals surface area contributed by atoms with E-state index in [0.717, 1.165) is 68.9 Å². The van der Waals surface area contributed by atoms with Crippen LogP contribution in [0.4, 0.5) is 30.2 Å². The number of hydrogen-bond acceptors (Lipinski definition) is 6. The molecule has 4 aromatic carbocycles. The first-order chi connectivity index (χ1) is 30.4. The van der Waals surface area contributed by atoms with E-state index in [0.29, 0.717) is 81.8 Å². The molecule has 9 heteroatoms. The third-order valence-corrected chi connectivity index (χ3v) is 18.6. The molecule has 0 aliphatic heterocycles. The van der Waals surface area contributed by atoms with E-state index in [-0.39, 0.29) is 39.2 Å². The Balaban J connectivity index is 1.20. The third kappa shape index (κ3) is 6.16. The lowest BCUT2D eigenvalue weighted by atomic mass is 9.41. The molecule has 0 aromatic heterocycles. The minimum atomic E-state index is -0.607. The van der Waals surface area contributed by atoms with Crippen LogP contribution in [0.3, 0.4) is 0 Å². The molecule has 12 fully saturated rings. The molecule has 6 N–H and O–H groups in total. The standard InChI is InChI=1S/C54H60F3N3O3/c55-40-4-1-37(58)16-43(40)61-49-47(53-22-31-10-32(23-53)12-33(11-31)24-53)46(52-19-28-7-29(20-52)9-30(8-28)21-52)48(54-25-34-13-35(26-54)15-36(14-34)27-54)50(62-44-17-38(59)2-5-41(44)56)51(49)63-45-18-39(60)3-6-42(45)57/h1-6,16-18,28-36H,7-15,19-27,58-60H2. The molecule has 4 aromatic rings. The SMILES string of the molecule is Nc1ccc(F)c(Oc2c(Oc3cc(N)ccc3F)c(C34CC5CC(CC(C5)C3)C4)c(C34CC5CC(CC(C5)C3)C4)c(C34CC5CC(CC(C5)C3)C4)c2Oc2cc(N)ccc2F)c1. The molecule has 16 rings (SSSR count). The van der Waals surface area contributed by atoms with Crippen molar-refractivity contribution >= 4 is 17.1 Å². The third-order valence-electron chi connectivity index (χ3n) is 18.6. The van der Waals surface area contributed by atoms with Gasteiger partial charge in [0.2, 0.25) is 5.75 Å². The van der Waals surface area contributed by atoms with Crippen LogP contribution in [0, 0.1) is 70.7 Å². The minimum absolute atomic E-state index is 0.0287. The van der Waals surface area contributed by atoms with Gasteiger partial charge in [0.05, 0.1) is 0 Å². The normalized spacial score (nSPS) is 37.5. The van der Waals surface area contributed by atoms with Crippen LogP contribution >= 0.6 is 0 Å². The highest BCUT2D eigenvalue weighted by Gasteiger charge is 2.62. The first-order valence-corrected chi connectivity index (χ1v) is 24.3. The van der Waals surface area contributed by atoms with Gasteiger partial charge < -0.3 is 31.4 Å². The fourth-order valence-electron chi connectivity index (χ4n) is 17.9. The van der Waals surface area contributed by atoms with Crippen molar-refractivity contribution in [3.8, 4) is 34.5 Å². The molecule has 0 spiro atoms. The van der Waals surface area contributed by atoms with Gasteiger partial charge in [-0.2, -0.15) is 0 Å². The molecule has 6 nitrogen and oxygen atoms in total. The fourth-order valence-corrected chi connectivity index (χ4v) is 17.9. The average Bonchev–Trinajstić information content (AvgIpc) is 3.21. The zero-order chi connectivity index (χ0) is 42.6. The van der Waals surface area contributed by atoms with Crippen LogP contribution in [-0.2, 0) is 16.2 Å². The zero-order valence-corrected chi connectivity index (χ0v) is 36.2. The number of halogens is 3. The van der Waals surface area contributed by atoms with Crippen LogP contribution in [0.5, 0.6) is 34.5 Å². The van der Waals surface area contributed by atoms with E-state index in [1.54, 1.807) is 12.1 Å². The summed E-state index contributed by atoms with van der Waals surface area (Å²) in [5.41, 5.74) is 23.2. The van der Waals surface area contributed by atoms with Crippen molar-refractivity contribution in [2.24, 2.45) is 53.3 Å². The maximum atomic E-state index is 16.5. The lowest BCUT2D eigenvalue weighted by molar-refractivity contribution is -0.0255. The van der Waals surface area contributed by atoms with Crippen LogP contribution in [0.1, 0.15) is 132 Å². The first-order valence-electron chi connectivity index (χ1n) is 24.3. The fraction of sp³-hybridized carbons (Fsp3) is 0.556. The van der Waals surface area contributed by atoms with Crippen molar-refractivity contribution in [2.45, 2.75) is 132 Å². The van der Waals surface area contributed by atoms with Crippen LogP contribution < -0.4 is 31.4 Å². The van der Waals surface area contributed by atoms with Crippen molar-refractivity contribution < 1.29 is 27.4 Å². The van der Waals surface area contributed by atoms with Gasteiger partial charge in [-0.1, -0.05) is 0 Å². The average molecular weight is 856 g/mol. The maximum Gasteiger partial charge on any atom is 0.213 e. The van der Waals surface area contributed by atoms with Crippen LogP contribution in [-0.4, -0.2) is 0 Å². The van der Waals surface area contributed by atoms with Crippen molar-refractivity contribution in [3.63, 3.8) is 0 Å². The van der Waals surface area contributed by atoms with Crippen LogP contribution in [0.15, 0.2) is 54.6 Å². The number of nitrogen functional groups attached to an aromatic ring is 3. The molecular formula is C54H60F3N3O3. The Morgan fingerprint density at radius 3 is 0.857 bits per heavy atom. The van der Waals surface area contributed by atoms with E-state index in [4.69, 9.17) is 31.4 Å². The predicted octanol–water partition coefficient (Wildman–Crippen LogP) is 13.6. The number of nitrogens with two attached hydrogens (primary N) is 3. The van der Waals surface area contributed by atoms with Gasteiger partial charge in [0, 0.05) is 57.2 Å². The second-order valence-corrected chi connectivity index (χ2v) is 23.1. The van der Waals surface area contributed by atoms with Gasteiger partial charge in [-0.25, -0.2) is 13.2 Å². The summed E-state index contributed by atoms with van der Waals surface area (Å²) in [5.74, 6) is 4.32. The molecule has 0 atom stereocenters. The molecule has 0 saturated heterocycles. The van der Waals surface area contributed by atoms with E-state index in [1.165, 1.54) is 106 Å². The number of ether oxygens (including phenoxy) is 3. The van der Waals surface area contributed by atoms with Gasteiger partial charge in [-0.05, 0) is 216 Å². The molecule has 0 radical (unpaired) electrons. The summed E-state index contributed by atoms with van der Waals surface area (Å²) in [6, 6.07) is 13.2. The first kappa shape index (κ1) is 38.9. The summed E-state index contributed by atoms with van der Waals surface area (Å²) in [5, 5.41) is 0. The van der Waals surface area contributed by atoms with E-state index < -0.39 is 17.5 Å². The lowest BCUT2D eigenvalue weighted by Crippen LogP contribution is -2.55. The second kappa shape index (κ2) is 13.7. The minimum Gasteiger partial charge on any atom is -0.450 e. The van der Waals surface area contributed by atoms with Crippen molar-refractivity contribution in [1.29, 1.82) is 0 Å². The van der Waals surface area contributed by atoms with E-state index in [2.05, 4.69) is 0 Å². The number of rotatable bonds is 9. The quantitative estimate of drug-likeness (QED) is 0.145. The topological polar surface area (TPSA) is 106 Å². The Hall–Kier alpha value is -4.53.